The molecular weight excluding hydrogens is 504 g/mol. The summed E-state index contributed by atoms with van der Waals surface area (Å²) in [4.78, 5) is 36.7. The first-order chi connectivity index (χ1) is 16.7. The zero-order valence-corrected chi connectivity index (χ0v) is 18.8. The van der Waals surface area contributed by atoms with E-state index >= 15 is 0 Å². The van der Waals surface area contributed by atoms with Crippen LogP contribution in [0.5, 0.6) is 0 Å². The number of alkyl halides is 6. The van der Waals surface area contributed by atoms with Gasteiger partial charge in [-0.3, -0.25) is 9.78 Å². The maximum atomic E-state index is 12.3. The van der Waals surface area contributed by atoms with Gasteiger partial charge < -0.3 is 25.2 Å². The molecule has 3 aliphatic rings. The van der Waals surface area contributed by atoms with Gasteiger partial charge in [-0.1, -0.05) is 0 Å². The van der Waals surface area contributed by atoms with Crippen molar-refractivity contribution < 1.29 is 55.7 Å². The van der Waals surface area contributed by atoms with Crippen LogP contribution in [0.4, 0.5) is 32.0 Å². The second-order valence-corrected chi connectivity index (χ2v) is 8.49. The van der Waals surface area contributed by atoms with Gasteiger partial charge in [-0.25, -0.2) is 9.59 Å². The lowest BCUT2D eigenvalue weighted by molar-refractivity contribution is -0.193. The predicted molar refractivity (Wildman–Crippen MR) is 111 cm³/mol. The molecule has 1 aliphatic carbocycles. The molecule has 15 heteroatoms. The first-order valence-electron chi connectivity index (χ1n) is 10.9. The number of nitrogens with one attached hydrogen (secondary N) is 1. The van der Waals surface area contributed by atoms with Gasteiger partial charge in [0, 0.05) is 19.3 Å². The molecule has 1 aromatic heterocycles. The highest BCUT2D eigenvalue weighted by Crippen LogP contribution is 2.36. The number of carbonyl (C=O) groups excluding carboxylic acids is 1. The summed E-state index contributed by atoms with van der Waals surface area (Å²) < 4.78 is 69.5. The average Bonchev–Trinajstić information content (AvgIpc) is 3.48. The molecule has 3 N–H and O–H groups in total. The van der Waals surface area contributed by atoms with Gasteiger partial charge in [-0.15, -0.1) is 0 Å². The Morgan fingerprint density at radius 2 is 1.64 bits per heavy atom. The summed E-state index contributed by atoms with van der Waals surface area (Å²) in [6.07, 6.45) is -2.08. The van der Waals surface area contributed by atoms with Crippen LogP contribution in [0.15, 0.2) is 24.5 Å². The van der Waals surface area contributed by atoms with Crippen molar-refractivity contribution >= 4 is 23.5 Å². The summed E-state index contributed by atoms with van der Waals surface area (Å²) in [5, 5.41) is 17.2. The number of hydrogen-bond acceptors (Lipinski definition) is 6. The quantitative estimate of drug-likeness (QED) is 0.508. The van der Waals surface area contributed by atoms with Crippen molar-refractivity contribution in [2.75, 3.05) is 25.0 Å². The number of hydrogen-bond donors (Lipinski definition) is 3. The molecule has 1 saturated carbocycles. The number of piperidine rings is 1. The van der Waals surface area contributed by atoms with Crippen molar-refractivity contribution in [2.24, 2.45) is 11.8 Å². The van der Waals surface area contributed by atoms with Crippen LogP contribution in [0.25, 0.3) is 0 Å². The van der Waals surface area contributed by atoms with Gasteiger partial charge in [0.25, 0.3) is 5.91 Å². The molecule has 4 rings (SSSR count). The molecule has 2 aliphatic heterocycles. The SMILES string of the molecule is O=C(Nc1cccnc1)[C@@H]1C[C@@H]2CCN(CC3CC3)C[C@@H]2O1.O=C(O)C(F)(F)F.O=C(O)C(F)(F)F. The third-order valence-electron chi connectivity index (χ3n) is 5.56. The smallest absolute Gasteiger partial charge is 0.475 e. The van der Waals surface area contributed by atoms with E-state index < -0.39 is 24.3 Å². The van der Waals surface area contributed by atoms with E-state index in [9.17, 15) is 31.1 Å². The van der Waals surface area contributed by atoms with E-state index in [1.807, 2.05) is 12.1 Å². The molecule has 0 radical (unpaired) electrons. The standard InChI is InChI=1S/C17H23N3O2.2C2HF3O2/c21-17(19-14-2-1-6-18-9-14)15-8-13-5-7-20(10-12-3-4-12)11-16(13)22-15;2*3-2(4,5)1(6)7/h1-2,6,9,12-13,15-16H,3-5,7-8,10-11H2,(H,19,21);2*(H,6,7)/t13-,15-,16-;;/m0../s1. The number of aromatic nitrogens is 1. The molecule has 0 aromatic carbocycles. The zero-order chi connectivity index (χ0) is 27.1. The van der Waals surface area contributed by atoms with E-state index in [2.05, 4.69) is 15.2 Å². The summed E-state index contributed by atoms with van der Waals surface area (Å²) >= 11 is 0. The fraction of sp³-hybridized carbons (Fsp3) is 0.619. The van der Waals surface area contributed by atoms with Gasteiger partial charge in [0.05, 0.1) is 18.0 Å². The Morgan fingerprint density at radius 1 is 1.06 bits per heavy atom. The molecule has 202 valence electrons. The Labute approximate surface area is 201 Å². The molecule has 3 atom stereocenters. The molecule has 1 amide bonds. The molecular formula is C21H25F6N3O6. The lowest BCUT2D eigenvalue weighted by Gasteiger charge is -2.34. The first kappa shape index (κ1) is 29.3. The van der Waals surface area contributed by atoms with Gasteiger partial charge in [-0.2, -0.15) is 26.3 Å². The monoisotopic (exact) mass is 529 g/mol. The Morgan fingerprint density at radius 3 is 2.11 bits per heavy atom. The number of fused-ring (bicyclic) bond motifs is 1. The van der Waals surface area contributed by atoms with Crippen LogP contribution in [-0.2, 0) is 19.1 Å². The number of pyridine rings is 1. The van der Waals surface area contributed by atoms with Crippen molar-refractivity contribution in [1.29, 1.82) is 0 Å². The highest BCUT2D eigenvalue weighted by atomic mass is 19.4. The molecule has 36 heavy (non-hydrogen) atoms. The van der Waals surface area contributed by atoms with Gasteiger partial charge in [-0.05, 0) is 56.2 Å². The van der Waals surface area contributed by atoms with Crippen LogP contribution < -0.4 is 5.32 Å². The van der Waals surface area contributed by atoms with Crippen LogP contribution in [0.1, 0.15) is 25.7 Å². The highest BCUT2D eigenvalue weighted by molar-refractivity contribution is 5.94. The summed E-state index contributed by atoms with van der Waals surface area (Å²) in [7, 11) is 0. The maximum Gasteiger partial charge on any atom is 0.490 e. The van der Waals surface area contributed by atoms with Gasteiger partial charge in [0.1, 0.15) is 6.10 Å². The normalized spacial score (nSPS) is 23.8. The summed E-state index contributed by atoms with van der Waals surface area (Å²) in [6, 6.07) is 3.67. The van der Waals surface area contributed by atoms with E-state index in [1.54, 1.807) is 12.4 Å². The second-order valence-electron chi connectivity index (χ2n) is 8.49. The molecule has 2 saturated heterocycles. The summed E-state index contributed by atoms with van der Waals surface area (Å²) in [5.74, 6) is -4.08. The van der Waals surface area contributed by atoms with E-state index in [4.69, 9.17) is 24.5 Å². The maximum absolute atomic E-state index is 12.3. The van der Waals surface area contributed by atoms with Crippen LogP contribution in [0.2, 0.25) is 0 Å². The Balaban J connectivity index is 0.000000271. The Hall–Kier alpha value is -2.94. The van der Waals surface area contributed by atoms with Gasteiger partial charge >= 0.3 is 24.3 Å². The number of amides is 1. The highest BCUT2D eigenvalue weighted by Gasteiger charge is 2.42. The van der Waals surface area contributed by atoms with Crippen LogP contribution >= 0.6 is 0 Å². The number of carbonyl (C=O) groups is 3. The minimum atomic E-state index is -5.08. The second kappa shape index (κ2) is 12.3. The number of nitrogens with zero attached hydrogens (tertiary/aromatic N) is 2. The van der Waals surface area contributed by atoms with Crippen molar-refractivity contribution in [1.82, 2.24) is 9.88 Å². The minimum Gasteiger partial charge on any atom is -0.475 e. The van der Waals surface area contributed by atoms with Crippen LogP contribution in [0, 0.1) is 11.8 Å². The number of carboxylic acids is 2. The Bertz CT molecular complexity index is 870. The molecule has 0 bridgehead atoms. The number of halogens is 6. The lowest BCUT2D eigenvalue weighted by Crippen LogP contribution is -2.43. The van der Waals surface area contributed by atoms with Crippen LogP contribution in [-0.4, -0.2) is 82.1 Å². The van der Waals surface area contributed by atoms with Crippen molar-refractivity contribution in [3.8, 4) is 0 Å². The number of carboxylic acid groups (broad SMARTS) is 2. The number of rotatable bonds is 4. The molecule has 1 aromatic rings. The fourth-order valence-corrected chi connectivity index (χ4v) is 3.65. The third kappa shape index (κ3) is 9.97. The van der Waals surface area contributed by atoms with E-state index in [0.717, 1.165) is 37.5 Å². The topological polar surface area (TPSA) is 129 Å². The van der Waals surface area contributed by atoms with Gasteiger partial charge in [0.15, 0.2) is 0 Å². The molecule has 3 fully saturated rings. The van der Waals surface area contributed by atoms with Crippen molar-refractivity contribution in [3.05, 3.63) is 24.5 Å². The summed E-state index contributed by atoms with van der Waals surface area (Å²) in [5.41, 5.74) is 0.737. The summed E-state index contributed by atoms with van der Waals surface area (Å²) in [6.45, 7) is 3.38. The minimum absolute atomic E-state index is 0.0313. The molecule has 9 nitrogen and oxygen atoms in total. The molecule has 0 spiro atoms. The molecule has 3 heterocycles. The van der Waals surface area contributed by atoms with E-state index in [0.29, 0.717) is 5.92 Å². The number of likely N-dealkylation sites (tertiary alicyclic amines) is 1. The first-order valence-corrected chi connectivity index (χ1v) is 10.9. The number of ether oxygens (including phenoxy) is 1. The average molecular weight is 529 g/mol. The van der Waals surface area contributed by atoms with E-state index in [1.165, 1.54) is 19.4 Å². The predicted octanol–water partition coefficient (Wildman–Crippen LogP) is 3.18. The lowest BCUT2D eigenvalue weighted by atomic mass is 9.91. The largest absolute Gasteiger partial charge is 0.490 e. The third-order valence-corrected chi connectivity index (χ3v) is 5.56. The number of aliphatic carboxylic acids is 2. The van der Waals surface area contributed by atoms with Gasteiger partial charge in [0.2, 0.25) is 0 Å². The number of anilines is 1. The molecule has 0 unspecified atom stereocenters. The fourth-order valence-electron chi connectivity index (χ4n) is 3.65. The van der Waals surface area contributed by atoms with Crippen molar-refractivity contribution in [3.63, 3.8) is 0 Å². The van der Waals surface area contributed by atoms with E-state index in [-0.39, 0.29) is 18.1 Å². The van der Waals surface area contributed by atoms with Crippen LogP contribution in [0.3, 0.4) is 0 Å². The zero-order valence-electron chi connectivity index (χ0n) is 18.8. The van der Waals surface area contributed by atoms with Crippen molar-refractivity contribution in [2.45, 2.75) is 50.2 Å². The Kier molecular flexibility index (Phi) is 10.0.